The molecule has 0 saturated carbocycles. The van der Waals surface area contributed by atoms with E-state index in [4.69, 9.17) is 15.2 Å². The number of halogens is 3. The van der Waals surface area contributed by atoms with E-state index in [1.807, 2.05) is 6.07 Å². The third-order valence-electron chi connectivity index (χ3n) is 3.82. The molecule has 152 valence electrons. The van der Waals surface area contributed by atoms with Crippen molar-refractivity contribution in [2.24, 2.45) is 5.73 Å². The Morgan fingerprint density at radius 2 is 1.79 bits per heavy atom. The zero-order valence-corrected chi connectivity index (χ0v) is 16.2. The summed E-state index contributed by atoms with van der Waals surface area (Å²) in [5.74, 6) is 0.574. The number of hydrogen-bond donors (Lipinski definition) is 2. The SMILES string of the molecule is COc1cc(CNC(C)C(N)=O)ccc1OCc1ccc(SC(F)(F)F)cc1. The maximum Gasteiger partial charge on any atom is 0.446 e. The molecule has 0 bridgehead atoms. The zero-order chi connectivity index (χ0) is 20.7. The summed E-state index contributed by atoms with van der Waals surface area (Å²) >= 11 is -0.156. The lowest BCUT2D eigenvalue weighted by Crippen LogP contribution is -2.38. The van der Waals surface area contributed by atoms with Crippen molar-refractivity contribution in [3.05, 3.63) is 53.6 Å². The van der Waals surface area contributed by atoms with Crippen LogP contribution < -0.4 is 20.5 Å². The Morgan fingerprint density at radius 3 is 2.36 bits per heavy atom. The van der Waals surface area contributed by atoms with Crippen LogP contribution in [0.1, 0.15) is 18.1 Å². The van der Waals surface area contributed by atoms with Gasteiger partial charge in [-0.2, -0.15) is 13.2 Å². The highest BCUT2D eigenvalue weighted by atomic mass is 32.2. The molecule has 1 unspecified atom stereocenters. The number of benzene rings is 2. The average molecular weight is 414 g/mol. The van der Waals surface area contributed by atoms with Gasteiger partial charge in [0.25, 0.3) is 0 Å². The molecule has 5 nitrogen and oxygen atoms in total. The van der Waals surface area contributed by atoms with Crippen molar-refractivity contribution in [2.45, 2.75) is 36.5 Å². The number of alkyl halides is 3. The number of ether oxygens (including phenoxy) is 2. The Balaban J connectivity index is 1.97. The van der Waals surface area contributed by atoms with Crippen molar-refractivity contribution in [3.63, 3.8) is 0 Å². The largest absolute Gasteiger partial charge is 0.493 e. The molecule has 0 radical (unpaired) electrons. The third-order valence-corrected chi connectivity index (χ3v) is 4.56. The summed E-state index contributed by atoms with van der Waals surface area (Å²) in [6, 6.07) is 10.9. The van der Waals surface area contributed by atoms with Gasteiger partial charge in [-0.25, -0.2) is 0 Å². The Bertz CT molecular complexity index is 798. The molecule has 2 aromatic carbocycles. The van der Waals surface area contributed by atoms with Crippen LogP contribution in [-0.4, -0.2) is 24.6 Å². The molecule has 0 fully saturated rings. The number of carbonyl (C=O) groups excluding carboxylic acids is 1. The molecular weight excluding hydrogens is 393 g/mol. The van der Waals surface area contributed by atoms with Crippen molar-refractivity contribution >= 4 is 17.7 Å². The first-order valence-electron chi connectivity index (χ1n) is 8.35. The Labute approximate surface area is 165 Å². The van der Waals surface area contributed by atoms with Crippen LogP contribution in [0.2, 0.25) is 0 Å². The highest BCUT2D eigenvalue weighted by Gasteiger charge is 2.29. The maximum absolute atomic E-state index is 12.4. The maximum atomic E-state index is 12.4. The number of hydrogen-bond acceptors (Lipinski definition) is 5. The lowest BCUT2D eigenvalue weighted by Gasteiger charge is -2.14. The van der Waals surface area contributed by atoms with Crippen molar-refractivity contribution in [2.75, 3.05) is 7.11 Å². The Morgan fingerprint density at radius 1 is 1.14 bits per heavy atom. The second-order valence-electron chi connectivity index (χ2n) is 5.97. The van der Waals surface area contributed by atoms with Crippen molar-refractivity contribution in [1.82, 2.24) is 5.32 Å². The number of nitrogens with one attached hydrogen (secondary N) is 1. The van der Waals surface area contributed by atoms with Crippen molar-refractivity contribution in [1.29, 1.82) is 0 Å². The molecule has 0 aliphatic heterocycles. The molecule has 0 aliphatic rings. The van der Waals surface area contributed by atoms with E-state index in [9.17, 15) is 18.0 Å². The summed E-state index contributed by atoms with van der Waals surface area (Å²) in [4.78, 5) is 11.2. The number of amides is 1. The van der Waals surface area contributed by atoms with Crippen molar-refractivity contribution in [3.8, 4) is 11.5 Å². The molecule has 0 spiro atoms. The molecule has 1 amide bonds. The number of rotatable bonds is 9. The van der Waals surface area contributed by atoms with Crippen LogP contribution in [0.3, 0.4) is 0 Å². The Kier molecular flexibility index (Phi) is 7.59. The standard InChI is InChI=1S/C19H21F3N2O3S/c1-12(18(23)25)24-10-14-5-8-16(17(9-14)26-2)27-11-13-3-6-15(7-4-13)28-19(20,21)22/h3-9,12,24H,10-11H2,1-2H3,(H2,23,25). The van der Waals surface area contributed by atoms with E-state index >= 15 is 0 Å². The fourth-order valence-electron chi connectivity index (χ4n) is 2.26. The third kappa shape index (κ3) is 6.97. The van der Waals surface area contributed by atoms with Gasteiger partial charge in [-0.1, -0.05) is 18.2 Å². The minimum atomic E-state index is -4.31. The number of nitrogens with two attached hydrogens (primary N) is 1. The van der Waals surface area contributed by atoms with E-state index in [0.29, 0.717) is 18.0 Å². The van der Waals surface area contributed by atoms with Gasteiger partial charge in [0.1, 0.15) is 6.61 Å². The van der Waals surface area contributed by atoms with Gasteiger partial charge < -0.3 is 20.5 Å². The molecule has 9 heteroatoms. The zero-order valence-electron chi connectivity index (χ0n) is 15.4. The number of thioether (sulfide) groups is 1. The monoisotopic (exact) mass is 414 g/mol. The molecule has 0 heterocycles. The van der Waals surface area contributed by atoms with E-state index in [0.717, 1.165) is 11.1 Å². The molecule has 0 saturated heterocycles. The van der Waals surface area contributed by atoms with E-state index in [-0.39, 0.29) is 23.3 Å². The summed E-state index contributed by atoms with van der Waals surface area (Å²) in [5, 5.41) is 3.00. The predicted molar refractivity (Wildman–Crippen MR) is 101 cm³/mol. The van der Waals surface area contributed by atoms with E-state index in [2.05, 4.69) is 5.32 Å². The first kappa shape index (κ1) is 21.9. The van der Waals surface area contributed by atoms with Crippen LogP contribution in [-0.2, 0) is 17.9 Å². The summed E-state index contributed by atoms with van der Waals surface area (Å²) < 4.78 is 48.1. The van der Waals surface area contributed by atoms with Crippen LogP contribution in [0.4, 0.5) is 13.2 Å². The van der Waals surface area contributed by atoms with Gasteiger partial charge >= 0.3 is 5.51 Å². The van der Waals surface area contributed by atoms with E-state index in [1.165, 1.54) is 19.2 Å². The molecule has 28 heavy (non-hydrogen) atoms. The predicted octanol–water partition coefficient (Wildman–Crippen LogP) is 3.85. The van der Waals surface area contributed by atoms with Gasteiger partial charge in [0.2, 0.25) is 5.91 Å². The minimum Gasteiger partial charge on any atom is -0.493 e. The molecule has 0 aromatic heterocycles. The first-order valence-corrected chi connectivity index (χ1v) is 9.16. The smallest absolute Gasteiger partial charge is 0.446 e. The van der Waals surface area contributed by atoms with Gasteiger partial charge in [0.15, 0.2) is 11.5 Å². The summed E-state index contributed by atoms with van der Waals surface area (Å²) in [5.41, 5.74) is 2.51. The summed E-state index contributed by atoms with van der Waals surface area (Å²) in [6.45, 7) is 2.29. The topological polar surface area (TPSA) is 73.6 Å². The van der Waals surface area contributed by atoms with Gasteiger partial charge in [0, 0.05) is 11.4 Å². The van der Waals surface area contributed by atoms with Gasteiger partial charge in [-0.3, -0.25) is 4.79 Å². The molecular formula is C19H21F3N2O3S. The van der Waals surface area contributed by atoms with Crippen LogP contribution in [0, 0.1) is 0 Å². The second kappa shape index (κ2) is 9.70. The van der Waals surface area contributed by atoms with Crippen LogP contribution in [0.5, 0.6) is 11.5 Å². The number of methoxy groups -OCH3 is 1. The normalized spacial score (nSPS) is 12.5. The van der Waals surface area contributed by atoms with E-state index in [1.54, 1.807) is 31.2 Å². The second-order valence-corrected chi connectivity index (χ2v) is 7.11. The van der Waals surface area contributed by atoms with Crippen LogP contribution >= 0.6 is 11.8 Å². The van der Waals surface area contributed by atoms with E-state index < -0.39 is 17.5 Å². The number of carbonyl (C=O) groups is 1. The molecule has 0 aliphatic carbocycles. The van der Waals surface area contributed by atoms with Gasteiger partial charge in [-0.05, 0) is 54.1 Å². The summed E-state index contributed by atoms with van der Waals surface area (Å²) in [7, 11) is 1.51. The molecule has 1 atom stereocenters. The highest BCUT2D eigenvalue weighted by molar-refractivity contribution is 8.00. The van der Waals surface area contributed by atoms with Crippen LogP contribution in [0.25, 0.3) is 0 Å². The highest BCUT2D eigenvalue weighted by Crippen LogP contribution is 2.36. The van der Waals surface area contributed by atoms with Gasteiger partial charge in [0.05, 0.1) is 13.2 Å². The van der Waals surface area contributed by atoms with Crippen molar-refractivity contribution < 1.29 is 27.4 Å². The fourth-order valence-corrected chi connectivity index (χ4v) is 2.80. The van der Waals surface area contributed by atoms with Crippen LogP contribution in [0.15, 0.2) is 47.4 Å². The van der Waals surface area contributed by atoms with Gasteiger partial charge in [-0.15, -0.1) is 0 Å². The minimum absolute atomic E-state index is 0.121. The lowest BCUT2D eigenvalue weighted by atomic mass is 10.2. The quantitative estimate of drug-likeness (QED) is 0.610. The average Bonchev–Trinajstić information content (AvgIpc) is 2.64. The molecule has 3 N–H and O–H groups in total. The summed E-state index contributed by atoms with van der Waals surface area (Å²) in [6.07, 6.45) is 0. The molecule has 2 rings (SSSR count). The molecule has 2 aromatic rings. The Hall–Kier alpha value is -2.39. The fraction of sp³-hybridized carbons (Fsp3) is 0.316. The number of primary amides is 1. The first-order chi connectivity index (χ1) is 13.2. The lowest BCUT2D eigenvalue weighted by molar-refractivity contribution is -0.119.